The number of hydrogen-bond donors (Lipinski definition) is 1. The van der Waals surface area contributed by atoms with Crippen LogP contribution in [0.25, 0.3) is 0 Å². The van der Waals surface area contributed by atoms with Gasteiger partial charge in [-0.2, -0.15) is 0 Å². The summed E-state index contributed by atoms with van der Waals surface area (Å²) >= 11 is 0. The second-order valence-corrected chi connectivity index (χ2v) is 6.46. The van der Waals surface area contributed by atoms with E-state index in [1.165, 1.54) is 64.5 Å². The molecule has 0 aromatic rings. The van der Waals surface area contributed by atoms with Crippen LogP contribution in [0.3, 0.4) is 0 Å². The van der Waals surface area contributed by atoms with E-state index in [1.807, 2.05) is 0 Å². The molecule has 1 saturated heterocycles. The third-order valence-electron chi connectivity index (χ3n) is 5.06. The summed E-state index contributed by atoms with van der Waals surface area (Å²) in [6, 6.07) is 1.56. The summed E-state index contributed by atoms with van der Waals surface area (Å²) < 4.78 is 0. The number of likely N-dealkylation sites (tertiary alicyclic amines) is 1. The van der Waals surface area contributed by atoms with E-state index in [4.69, 9.17) is 0 Å². The van der Waals surface area contributed by atoms with Crippen molar-refractivity contribution in [2.24, 2.45) is 5.92 Å². The highest BCUT2D eigenvalue weighted by molar-refractivity contribution is 4.83. The van der Waals surface area contributed by atoms with Gasteiger partial charge in [0.15, 0.2) is 0 Å². The first kappa shape index (κ1) is 14.3. The first-order chi connectivity index (χ1) is 8.79. The molecule has 1 N–H and O–H groups in total. The fraction of sp³-hybridized carbons (Fsp3) is 1.00. The van der Waals surface area contributed by atoms with Gasteiger partial charge in [0, 0.05) is 12.1 Å². The topological polar surface area (TPSA) is 15.3 Å². The van der Waals surface area contributed by atoms with E-state index in [2.05, 4.69) is 24.1 Å². The molecule has 2 aliphatic rings. The molecule has 2 unspecified atom stereocenters. The molecule has 2 fully saturated rings. The van der Waals surface area contributed by atoms with Gasteiger partial charge in [-0.25, -0.2) is 0 Å². The zero-order valence-corrected chi connectivity index (χ0v) is 12.5. The van der Waals surface area contributed by atoms with E-state index in [-0.39, 0.29) is 0 Å². The summed E-state index contributed by atoms with van der Waals surface area (Å²) in [5.74, 6) is 1.04. The van der Waals surface area contributed by atoms with Crippen LogP contribution in [-0.4, -0.2) is 36.6 Å². The van der Waals surface area contributed by atoms with E-state index >= 15 is 0 Å². The van der Waals surface area contributed by atoms with Gasteiger partial charge >= 0.3 is 0 Å². The van der Waals surface area contributed by atoms with Crippen LogP contribution in [0.15, 0.2) is 0 Å². The minimum Gasteiger partial charge on any atom is -0.314 e. The minimum absolute atomic E-state index is 0.774. The van der Waals surface area contributed by atoms with Crippen LogP contribution in [0.1, 0.15) is 65.2 Å². The van der Waals surface area contributed by atoms with Crippen LogP contribution in [0.4, 0.5) is 0 Å². The van der Waals surface area contributed by atoms with Crippen molar-refractivity contribution in [1.82, 2.24) is 10.2 Å². The number of nitrogens with one attached hydrogen (secondary N) is 1. The molecule has 1 saturated carbocycles. The average molecular weight is 252 g/mol. The molecule has 0 aromatic carbocycles. The van der Waals surface area contributed by atoms with Crippen molar-refractivity contribution in [2.45, 2.75) is 77.3 Å². The lowest BCUT2D eigenvalue weighted by molar-refractivity contribution is 0.124. The average Bonchev–Trinajstić information content (AvgIpc) is 2.39. The molecule has 2 nitrogen and oxygen atoms in total. The maximum atomic E-state index is 3.61. The lowest BCUT2D eigenvalue weighted by Crippen LogP contribution is -2.47. The van der Waals surface area contributed by atoms with Gasteiger partial charge in [-0.3, -0.25) is 0 Å². The van der Waals surface area contributed by atoms with Crippen molar-refractivity contribution >= 4 is 0 Å². The third kappa shape index (κ3) is 4.24. The lowest BCUT2D eigenvalue weighted by atomic mass is 9.86. The Bertz CT molecular complexity index is 223. The number of piperidine rings is 1. The lowest BCUT2D eigenvalue weighted by Gasteiger charge is -2.39. The van der Waals surface area contributed by atoms with Crippen LogP contribution < -0.4 is 5.32 Å². The summed E-state index contributed by atoms with van der Waals surface area (Å²) in [5, 5.41) is 3.61. The zero-order valence-electron chi connectivity index (χ0n) is 12.5. The van der Waals surface area contributed by atoms with Gasteiger partial charge in [-0.15, -0.1) is 0 Å². The van der Waals surface area contributed by atoms with E-state index < -0.39 is 0 Å². The smallest absolute Gasteiger partial charge is 0.00939 e. The standard InChI is InChI=1S/C16H32N2/c1-3-17-16-10-12-18(14(2)13-16)11-9-15-7-5-4-6-8-15/h14-17H,3-13H2,1-2H3. The monoisotopic (exact) mass is 252 g/mol. The molecule has 0 spiro atoms. The molecule has 0 bridgehead atoms. The maximum absolute atomic E-state index is 3.61. The molecule has 2 rings (SSSR count). The number of rotatable bonds is 5. The van der Waals surface area contributed by atoms with Gasteiger partial charge in [-0.1, -0.05) is 39.0 Å². The molecule has 0 amide bonds. The highest BCUT2D eigenvalue weighted by Crippen LogP contribution is 2.27. The first-order valence-electron chi connectivity index (χ1n) is 8.27. The molecule has 106 valence electrons. The van der Waals surface area contributed by atoms with Crippen LogP contribution in [-0.2, 0) is 0 Å². The number of nitrogens with zero attached hydrogens (tertiary/aromatic N) is 1. The normalized spacial score (nSPS) is 31.7. The Labute approximate surface area is 114 Å². The van der Waals surface area contributed by atoms with Crippen LogP contribution in [0, 0.1) is 5.92 Å². The van der Waals surface area contributed by atoms with E-state index in [0.29, 0.717) is 0 Å². The summed E-state index contributed by atoms with van der Waals surface area (Å²) in [5.41, 5.74) is 0. The molecule has 1 aliphatic carbocycles. The minimum atomic E-state index is 0.774. The van der Waals surface area contributed by atoms with Gasteiger partial charge in [0.2, 0.25) is 0 Å². The third-order valence-corrected chi connectivity index (χ3v) is 5.06. The van der Waals surface area contributed by atoms with Crippen LogP contribution in [0.2, 0.25) is 0 Å². The molecule has 2 atom stereocenters. The molecule has 18 heavy (non-hydrogen) atoms. The highest BCUT2D eigenvalue weighted by Gasteiger charge is 2.25. The predicted octanol–water partition coefficient (Wildman–Crippen LogP) is 3.42. The Morgan fingerprint density at radius 3 is 2.56 bits per heavy atom. The summed E-state index contributed by atoms with van der Waals surface area (Å²) in [6.07, 6.45) is 11.6. The molecule has 1 aliphatic heterocycles. The van der Waals surface area contributed by atoms with Crippen molar-refractivity contribution in [1.29, 1.82) is 0 Å². The predicted molar refractivity (Wildman–Crippen MR) is 78.9 cm³/mol. The fourth-order valence-electron chi connectivity index (χ4n) is 3.85. The van der Waals surface area contributed by atoms with Crippen LogP contribution in [0.5, 0.6) is 0 Å². The molecule has 0 aromatic heterocycles. The Hall–Kier alpha value is -0.0800. The SMILES string of the molecule is CCNC1CCN(CCC2CCCCC2)C(C)C1. The van der Waals surface area contributed by atoms with E-state index in [9.17, 15) is 0 Å². The maximum Gasteiger partial charge on any atom is 0.00939 e. The second kappa shape index (κ2) is 7.49. The Balaban J connectivity index is 1.67. The van der Waals surface area contributed by atoms with E-state index in [0.717, 1.165) is 24.5 Å². The fourth-order valence-corrected chi connectivity index (χ4v) is 3.85. The quantitative estimate of drug-likeness (QED) is 0.806. The zero-order chi connectivity index (χ0) is 12.8. The van der Waals surface area contributed by atoms with Crippen molar-refractivity contribution in [2.75, 3.05) is 19.6 Å². The van der Waals surface area contributed by atoms with Gasteiger partial charge in [-0.05, 0) is 51.7 Å². The largest absolute Gasteiger partial charge is 0.314 e. The second-order valence-electron chi connectivity index (χ2n) is 6.46. The van der Waals surface area contributed by atoms with Crippen LogP contribution >= 0.6 is 0 Å². The van der Waals surface area contributed by atoms with Gasteiger partial charge in [0.05, 0.1) is 0 Å². The van der Waals surface area contributed by atoms with Crippen molar-refractivity contribution < 1.29 is 0 Å². The highest BCUT2D eigenvalue weighted by atomic mass is 15.2. The molecule has 1 heterocycles. The van der Waals surface area contributed by atoms with Gasteiger partial charge in [0.1, 0.15) is 0 Å². The first-order valence-corrected chi connectivity index (χ1v) is 8.27. The summed E-state index contributed by atoms with van der Waals surface area (Å²) in [6.45, 7) is 8.43. The molecular formula is C16H32N2. The van der Waals surface area contributed by atoms with Crippen molar-refractivity contribution in [3.8, 4) is 0 Å². The Kier molecular flexibility index (Phi) is 5.97. The van der Waals surface area contributed by atoms with E-state index in [1.54, 1.807) is 0 Å². The Morgan fingerprint density at radius 1 is 1.11 bits per heavy atom. The summed E-state index contributed by atoms with van der Waals surface area (Å²) in [7, 11) is 0. The van der Waals surface area contributed by atoms with Gasteiger partial charge in [0.25, 0.3) is 0 Å². The van der Waals surface area contributed by atoms with Gasteiger partial charge < -0.3 is 10.2 Å². The van der Waals surface area contributed by atoms with Crippen molar-refractivity contribution in [3.05, 3.63) is 0 Å². The van der Waals surface area contributed by atoms with Crippen molar-refractivity contribution in [3.63, 3.8) is 0 Å². The molecular weight excluding hydrogens is 220 g/mol. The molecule has 0 radical (unpaired) electrons. The Morgan fingerprint density at radius 2 is 1.89 bits per heavy atom. The number of hydrogen-bond acceptors (Lipinski definition) is 2. The summed E-state index contributed by atoms with van der Waals surface area (Å²) in [4.78, 5) is 2.74. The molecule has 2 heteroatoms.